The fourth-order valence-corrected chi connectivity index (χ4v) is 5.11. The highest BCUT2D eigenvalue weighted by Gasteiger charge is 2.17. The summed E-state index contributed by atoms with van der Waals surface area (Å²) in [5.41, 5.74) is 3.09. The van der Waals surface area contributed by atoms with Crippen LogP contribution < -0.4 is 0 Å². The van der Waals surface area contributed by atoms with Crippen molar-refractivity contribution in [3.63, 3.8) is 0 Å². The molecule has 2 nitrogen and oxygen atoms in total. The van der Waals surface area contributed by atoms with E-state index in [2.05, 4.69) is 47.9 Å². The van der Waals surface area contributed by atoms with E-state index in [1.807, 2.05) is 41.3 Å². The van der Waals surface area contributed by atoms with Gasteiger partial charge in [-0.2, -0.15) is 0 Å². The first kappa shape index (κ1) is 17.7. The third-order valence-electron chi connectivity index (χ3n) is 4.36. The summed E-state index contributed by atoms with van der Waals surface area (Å²) in [7, 11) is 0. The molecule has 134 valence electrons. The van der Waals surface area contributed by atoms with Gasteiger partial charge in [-0.3, -0.25) is 4.79 Å². The molecule has 0 bridgehead atoms. The molecule has 2 heterocycles. The molecule has 4 aromatic rings. The lowest BCUT2D eigenvalue weighted by Gasteiger charge is -2.25. The number of amides is 1. The van der Waals surface area contributed by atoms with Gasteiger partial charge < -0.3 is 4.90 Å². The molecule has 0 saturated carbocycles. The van der Waals surface area contributed by atoms with Gasteiger partial charge in [0.2, 0.25) is 5.91 Å². The molecule has 0 unspecified atom stereocenters. The number of hydrogen-bond donors (Lipinski definition) is 0. The monoisotopic (exact) mass is 389 g/mol. The van der Waals surface area contributed by atoms with Crippen molar-refractivity contribution in [2.24, 2.45) is 0 Å². The molecular weight excluding hydrogens is 370 g/mol. The van der Waals surface area contributed by atoms with Gasteiger partial charge >= 0.3 is 0 Å². The number of carbonyl (C=O) groups excluding carboxylic acids is 1. The average Bonchev–Trinajstić information content (AvgIpc) is 3.27. The van der Waals surface area contributed by atoms with Crippen LogP contribution in [0.15, 0.2) is 78.2 Å². The standard InChI is InChI=1S/C23H19NOS2/c1-17(25)24(16-18-8-4-2-5-9-18)21(19-10-6-3-7-11-19)14-20-15-23-22(27-20)12-13-26-23/h2-15H,16H2,1H3/b21-14-. The highest BCUT2D eigenvalue weighted by Crippen LogP contribution is 2.33. The maximum absolute atomic E-state index is 12.6. The SMILES string of the molecule is CC(=O)N(Cc1ccccc1)/C(=C\c1cc2sccc2s1)c1ccccc1. The zero-order chi connectivity index (χ0) is 18.6. The first-order valence-electron chi connectivity index (χ1n) is 8.77. The van der Waals surface area contributed by atoms with Crippen LogP contribution in [0.2, 0.25) is 0 Å². The molecule has 2 aromatic heterocycles. The van der Waals surface area contributed by atoms with Crippen LogP contribution in [-0.4, -0.2) is 10.8 Å². The Bertz CT molecular complexity index is 1050. The molecule has 0 radical (unpaired) electrons. The van der Waals surface area contributed by atoms with E-state index < -0.39 is 0 Å². The molecule has 0 aliphatic rings. The fraction of sp³-hybridized carbons (Fsp3) is 0.0870. The Balaban J connectivity index is 1.79. The molecule has 4 rings (SSSR count). The second-order valence-electron chi connectivity index (χ2n) is 6.28. The summed E-state index contributed by atoms with van der Waals surface area (Å²) in [6, 6.07) is 24.6. The van der Waals surface area contributed by atoms with Gasteiger partial charge in [0.25, 0.3) is 0 Å². The number of carbonyl (C=O) groups is 1. The zero-order valence-corrected chi connectivity index (χ0v) is 16.6. The van der Waals surface area contributed by atoms with Crippen LogP contribution in [0.4, 0.5) is 0 Å². The van der Waals surface area contributed by atoms with Crippen LogP contribution in [0.25, 0.3) is 21.2 Å². The van der Waals surface area contributed by atoms with Gasteiger partial charge in [-0.25, -0.2) is 0 Å². The molecule has 1 amide bonds. The Labute approximate surface area is 167 Å². The predicted octanol–water partition coefficient (Wildman–Crippen LogP) is 6.51. The van der Waals surface area contributed by atoms with E-state index in [0.717, 1.165) is 21.7 Å². The summed E-state index contributed by atoms with van der Waals surface area (Å²) in [6.07, 6.45) is 2.14. The van der Waals surface area contributed by atoms with E-state index in [9.17, 15) is 4.79 Å². The Morgan fingerprint density at radius 2 is 1.67 bits per heavy atom. The Morgan fingerprint density at radius 1 is 0.963 bits per heavy atom. The van der Waals surface area contributed by atoms with Crippen molar-refractivity contribution >= 4 is 49.8 Å². The third-order valence-corrected chi connectivity index (χ3v) is 6.40. The second kappa shape index (κ2) is 7.91. The van der Waals surface area contributed by atoms with E-state index in [0.29, 0.717) is 6.54 Å². The third kappa shape index (κ3) is 4.02. The first-order chi connectivity index (χ1) is 13.2. The summed E-state index contributed by atoms with van der Waals surface area (Å²) in [5.74, 6) is 0.0346. The molecule has 4 heteroatoms. The number of rotatable bonds is 5. The summed E-state index contributed by atoms with van der Waals surface area (Å²) >= 11 is 3.51. The quantitative estimate of drug-likeness (QED) is 0.381. The van der Waals surface area contributed by atoms with Gasteiger partial charge in [0.1, 0.15) is 0 Å². The topological polar surface area (TPSA) is 20.3 Å². The maximum Gasteiger partial charge on any atom is 0.224 e. The normalized spacial score (nSPS) is 11.7. The van der Waals surface area contributed by atoms with E-state index in [1.165, 1.54) is 9.40 Å². The number of fused-ring (bicyclic) bond motifs is 1. The molecular formula is C23H19NOS2. The van der Waals surface area contributed by atoms with Crippen molar-refractivity contribution in [2.45, 2.75) is 13.5 Å². The lowest BCUT2D eigenvalue weighted by atomic mass is 10.1. The molecule has 27 heavy (non-hydrogen) atoms. The summed E-state index contributed by atoms with van der Waals surface area (Å²) in [5, 5.41) is 2.12. The van der Waals surface area contributed by atoms with Crippen molar-refractivity contribution < 1.29 is 4.79 Å². The summed E-state index contributed by atoms with van der Waals surface area (Å²) < 4.78 is 2.58. The van der Waals surface area contributed by atoms with Crippen molar-refractivity contribution in [2.75, 3.05) is 0 Å². The largest absolute Gasteiger partial charge is 0.308 e. The van der Waals surface area contributed by atoms with Crippen molar-refractivity contribution in [1.29, 1.82) is 0 Å². The summed E-state index contributed by atoms with van der Waals surface area (Å²) in [6.45, 7) is 2.18. The van der Waals surface area contributed by atoms with Crippen LogP contribution in [0.5, 0.6) is 0 Å². The van der Waals surface area contributed by atoms with E-state index in [1.54, 1.807) is 29.6 Å². The van der Waals surface area contributed by atoms with Crippen LogP contribution in [-0.2, 0) is 11.3 Å². The average molecular weight is 390 g/mol. The smallest absolute Gasteiger partial charge is 0.224 e. The molecule has 0 N–H and O–H groups in total. The second-order valence-corrected chi connectivity index (χ2v) is 8.35. The molecule has 0 spiro atoms. The Morgan fingerprint density at radius 3 is 2.33 bits per heavy atom. The van der Waals surface area contributed by atoms with Crippen LogP contribution in [0.1, 0.15) is 22.9 Å². The minimum Gasteiger partial charge on any atom is -0.308 e. The number of hydrogen-bond acceptors (Lipinski definition) is 3. The van der Waals surface area contributed by atoms with Crippen LogP contribution in [0, 0.1) is 0 Å². The minimum absolute atomic E-state index is 0.0346. The minimum atomic E-state index is 0.0346. The highest BCUT2D eigenvalue weighted by molar-refractivity contribution is 7.27. The summed E-state index contributed by atoms with van der Waals surface area (Å²) in [4.78, 5) is 15.6. The lowest BCUT2D eigenvalue weighted by Crippen LogP contribution is -2.26. The van der Waals surface area contributed by atoms with Gasteiger partial charge in [0.15, 0.2) is 0 Å². The zero-order valence-electron chi connectivity index (χ0n) is 15.0. The highest BCUT2D eigenvalue weighted by atomic mass is 32.1. The number of nitrogens with zero attached hydrogens (tertiary/aromatic N) is 1. The molecule has 0 atom stereocenters. The maximum atomic E-state index is 12.6. The Hall–Kier alpha value is -2.69. The van der Waals surface area contributed by atoms with Gasteiger partial charge in [-0.15, -0.1) is 22.7 Å². The molecule has 0 saturated heterocycles. The van der Waals surface area contributed by atoms with Gasteiger partial charge in [-0.1, -0.05) is 60.7 Å². The van der Waals surface area contributed by atoms with Crippen molar-refractivity contribution in [1.82, 2.24) is 4.90 Å². The molecule has 0 aliphatic heterocycles. The van der Waals surface area contributed by atoms with E-state index >= 15 is 0 Å². The molecule has 0 fully saturated rings. The van der Waals surface area contributed by atoms with Gasteiger partial charge in [-0.05, 0) is 34.7 Å². The van der Waals surface area contributed by atoms with Crippen LogP contribution in [0.3, 0.4) is 0 Å². The van der Waals surface area contributed by atoms with E-state index in [4.69, 9.17) is 0 Å². The molecule has 2 aromatic carbocycles. The Kier molecular flexibility index (Phi) is 5.19. The van der Waals surface area contributed by atoms with E-state index in [-0.39, 0.29) is 5.91 Å². The molecule has 0 aliphatic carbocycles. The van der Waals surface area contributed by atoms with Gasteiger partial charge in [0, 0.05) is 21.2 Å². The fourth-order valence-electron chi connectivity index (χ4n) is 3.05. The van der Waals surface area contributed by atoms with Gasteiger partial charge in [0.05, 0.1) is 12.2 Å². The number of benzene rings is 2. The number of thiophene rings is 2. The first-order valence-corrected chi connectivity index (χ1v) is 10.5. The van der Waals surface area contributed by atoms with Crippen LogP contribution >= 0.6 is 22.7 Å². The predicted molar refractivity (Wildman–Crippen MR) is 117 cm³/mol. The van der Waals surface area contributed by atoms with Crippen molar-refractivity contribution in [3.8, 4) is 0 Å². The van der Waals surface area contributed by atoms with Crippen molar-refractivity contribution in [3.05, 3.63) is 94.2 Å². The lowest BCUT2D eigenvalue weighted by molar-refractivity contribution is -0.126.